The van der Waals surface area contributed by atoms with Gasteiger partial charge < -0.3 is 23.7 Å². The van der Waals surface area contributed by atoms with Gasteiger partial charge in [-0.25, -0.2) is 9.59 Å². The number of rotatable bonds is 17. The summed E-state index contributed by atoms with van der Waals surface area (Å²) in [5.41, 5.74) is -0.249. The third-order valence-corrected chi connectivity index (χ3v) is 8.72. The summed E-state index contributed by atoms with van der Waals surface area (Å²) in [5.74, 6) is -0.917. The third kappa shape index (κ3) is 11.1. The molecular formula is C40H48O8. The molecule has 1 aliphatic rings. The van der Waals surface area contributed by atoms with E-state index in [0.717, 1.165) is 5.76 Å². The number of benzene rings is 2. The molecule has 1 N–H and O–H groups in total. The number of hydrogen-bond donors (Lipinski definition) is 1. The summed E-state index contributed by atoms with van der Waals surface area (Å²) in [5, 5.41) is 11.6. The molecule has 1 aromatic heterocycles. The zero-order valence-electron chi connectivity index (χ0n) is 28.2. The maximum atomic E-state index is 13.3. The Labute approximate surface area is 283 Å². The van der Waals surface area contributed by atoms with Crippen molar-refractivity contribution in [2.45, 2.75) is 96.1 Å². The first-order chi connectivity index (χ1) is 23.2. The van der Waals surface area contributed by atoms with Crippen LogP contribution in [0.3, 0.4) is 0 Å². The van der Waals surface area contributed by atoms with Crippen LogP contribution in [-0.2, 0) is 25.4 Å². The maximum Gasteiger partial charge on any atom is 0.338 e. The van der Waals surface area contributed by atoms with Gasteiger partial charge in [0, 0.05) is 31.1 Å². The maximum absolute atomic E-state index is 13.3. The first kappa shape index (κ1) is 36.4. The summed E-state index contributed by atoms with van der Waals surface area (Å²) in [6.45, 7) is 5.59. The number of furan rings is 1. The topological polar surface area (TPSA) is 112 Å². The Balaban J connectivity index is 1.57. The van der Waals surface area contributed by atoms with Gasteiger partial charge in [0.15, 0.2) is 0 Å². The van der Waals surface area contributed by atoms with Crippen LogP contribution < -0.4 is 0 Å². The Morgan fingerprint density at radius 2 is 1.56 bits per heavy atom. The summed E-state index contributed by atoms with van der Waals surface area (Å²) in [7, 11) is 0. The molecule has 0 spiro atoms. The zero-order chi connectivity index (χ0) is 34.4. The highest BCUT2D eigenvalue weighted by molar-refractivity contribution is 5.90. The van der Waals surface area contributed by atoms with E-state index in [1.54, 1.807) is 54.8 Å². The van der Waals surface area contributed by atoms with E-state index in [-0.39, 0.29) is 23.9 Å². The molecule has 4 rings (SSSR count). The fourth-order valence-electron chi connectivity index (χ4n) is 6.00. The lowest BCUT2D eigenvalue weighted by Gasteiger charge is -2.26. The molecule has 8 heteroatoms. The number of carbonyl (C=O) groups excluding carboxylic acids is 3. The van der Waals surface area contributed by atoms with E-state index < -0.39 is 29.7 Å². The number of allylic oxidation sites excluding steroid dienone is 2. The van der Waals surface area contributed by atoms with E-state index in [2.05, 4.69) is 0 Å². The van der Waals surface area contributed by atoms with Gasteiger partial charge in [-0.3, -0.25) is 4.79 Å². The van der Waals surface area contributed by atoms with Crippen LogP contribution in [0.1, 0.15) is 92.2 Å². The van der Waals surface area contributed by atoms with Gasteiger partial charge in [0.25, 0.3) is 0 Å². The van der Waals surface area contributed by atoms with E-state index in [1.165, 1.54) is 0 Å². The van der Waals surface area contributed by atoms with E-state index in [4.69, 9.17) is 18.6 Å². The summed E-state index contributed by atoms with van der Waals surface area (Å²) in [4.78, 5) is 38.5. The monoisotopic (exact) mass is 656 g/mol. The summed E-state index contributed by atoms with van der Waals surface area (Å²) >= 11 is 0. The second-order valence-corrected chi connectivity index (χ2v) is 12.6. The lowest BCUT2D eigenvalue weighted by molar-refractivity contribution is -0.147. The zero-order valence-corrected chi connectivity index (χ0v) is 28.2. The molecule has 0 aliphatic heterocycles. The fraction of sp³-hybridized carbons (Fsp3) is 0.425. The molecule has 256 valence electrons. The SMILES string of the molecule is CCC(O)(/C=C/[C@@H]1[C@@H](C/C=C\CCCC(=O)OC(C)C)[C@@H](OC(=O)c2ccccc2)C[C@H]1OC(=O)c1ccccc1)CCc1ccco1. The van der Waals surface area contributed by atoms with E-state index in [9.17, 15) is 19.5 Å². The van der Waals surface area contributed by atoms with Crippen LogP contribution in [0.5, 0.6) is 0 Å². The van der Waals surface area contributed by atoms with Gasteiger partial charge in [-0.2, -0.15) is 0 Å². The number of carbonyl (C=O) groups is 3. The molecule has 1 unspecified atom stereocenters. The number of unbranched alkanes of at least 4 members (excludes halogenated alkanes) is 1. The molecular weight excluding hydrogens is 608 g/mol. The molecule has 1 fully saturated rings. The second kappa shape index (κ2) is 18.2. The van der Waals surface area contributed by atoms with E-state index in [0.29, 0.717) is 62.5 Å². The quantitative estimate of drug-likeness (QED) is 0.0672. The molecule has 0 bridgehead atoms. The van der Waals surface area contributed by atoms with Crippen molar-refractivity contribution in [3.63, 3.8) is 0 Å². The van der Waals surface area contributed by atoms with Crippen molar-refractivity contribution >= 4 is 17.9 Å². The van der Waals surface area contributed by atoms with Gasteiger partial charge in [-0.15, -0.1) is 0 Å². The minimum Gasteiger partial charge on any atom is -0.469 e. The van der Waals surface area contributed by atoms with Gasteiger partial charge in [-0.1, -0.05) is 67.6 Å². The van der Waals surface area contributed by atoms with Crippen LogP contribution in [0.25, 0.3) is 0 Å². The molecule has 0 saturated heterocycles. The van der Waals surface area contributed by atoms with E-state index in [1.807, 2.05) is 69.3 Å². The molecule has 48 heavy (non-hydrogen) atoms. The van der Waals surface area contributed by atoms with Crippen molar-refractivity contribution in [2.24, 2.45) is 11.8 Å². The van der Waals surface area contributed by atoms with Crippen LogP contribution in [-0.4, -0.2) is 46.9 Å². The lowest BCUT2D eigenvalue weighted by Crippen LogP contribution is -2.29. The van der Waals surface area contributed by atoms with Crippen LogP contribution in [0.4, 0.5) is 0 Å². The van der Waals surface area contributed by atoms with Gasteiger partial charge in [0.05, 0.1) is 29.1 Å². The molecule has 2 aromatic carbocycles. The van der Waals surface area contributed by atoms with Crippen LogP contribution in [0, 0.1) is 11.8 Å². The molecule has 1 heterocycles. The highest BCUT2D eigenvalue weighted by atomic mass is 16.6. The third-order valence-electron chi connectivity index (χ3n) is 8.72. The van der Waals surface area contributed by atoms with Crippen LogP contribution in [0.2, 0.25) is 0 Å². The summed E-state index contributed by atoms with van der Waals surface area (Å²) in [6, 6.07) is 21.3. The summed E-state index contributed by atoms with van der Waals surface area (Å²) < 4.78 is 23.0. The molecule has 0 radical (unpaired) electrons. The first-order valence-corrected chi connectivity index (χ1v) is 17.0. The highest BCUT2D eigenvalue weighted by Crippen LogP contribution is 2.41. The van der Waals surface area contributed by atoms with Crippen molar-refractivity contribution in [1.29, 1.82) is 0 Å². The van der Waals surface area contributed by atoms with Crippen LogP contribution in [0.15, 0.2) is 108 Å². The smallest absolute Gasteiger partial charge is 0.338 e. The molecule has 8 nitrogen and oxygen atoms in total. The van der Waals surface area contributed by atoms with Gasteiger partial charge in [0.2, 0.25) is 0 Å². The Morgan fingerprint density at radius 3 is 2.15 bits per heavy atom. The number of esters is 3. The predicted molar refractivity (Wildman–Crippen MR) is 183 cm³/mol. The molecule has 3 aromatic rings. The first-order valence-electron chi connectivity index (χ1n) is 17.0. The van der Waals surface area contributed by atoms with E-state index >= 15 is 0 Å². The normalized spacial score (nSPS) is 20.6. The number of aryl methyl sites for hydroxylation is 1. The number of aliphatic hydroxyl groups is 1. The molecule has 0 amide bonds. The Bertz CT molecular complexity index is 1480. The average molecular weight is 657 g/mol. The van der Waals surface area contributed by atoms with Crippen molar-refractivity contribution < 1.29 is 38.1 Å². The second-order valence-electron chi connectivity index (χ2n) is 12.6. The molecule has 1 aliphatic carbocycles. The average Bonchev–Trinajstić information content (AvgIpc) is 3.72. The van der Waals surface area contributed by atoms with Gasteiger partial charge in [-0.05, 0) is 82.3 Å². The predicted octanol–water partition coefficient (Wildman–Crippen LogP) is 8.07. The van der Waals surface area contributed by atoms with Gasteiger partial charge >= 0.3 is 17.9 Å². The fourth-order valence-corrected chi connectivity index (χ4v) is 6.00. The Hall–Kier alpha value is -4.43. The Kier molecular flexibility index (Phi) is 13.8. The standard InChI is InChI=1S/C40H48O8/c1-4-40(44,25-23-32-20-15-27-45-32)26-24-34-33(21-13-5-6-14-22-37(41)46-29(2)3)35(47-38(42)30-16-9-7-10-17-30)28-36(34)48-39(43)31-18-11-8-12-19-31/h5,7-13,15-20,24,26-27,29,33-36,44H,4,6,14,21-23,25,28H2,1-3H3/b13-5-,26-24+/t33-,34-,35+,36-,40?/m1/s1. The highest BCUT2D eigenvalue weighted by Gasteiger charge is 2.46. The van der Waals surface area contributed by atoms with Crippen LogP contribution >= 0.6 is 0 Å². The number of hydrogen-bond acceptors (Lipinski definition) is 8. The molecule has 1 saturated carbocycles. The van der Waals surface area contributed by atoms with Crippen molar-refractivity contribution in [1.82, 2.24) is 0 Å². The largest absolute Gasteiger partial charge is 0.469 e. The minimum absolute atomic E-state index is 0.143. The minimum atomic E-state index is -1.12. The van der Waals surface area contributed by atoms with Gasteiger partial charge in [0.1, 0.15) is 18.0 Å². The molecule has 5 atom stereocenters. The summed E-state index contributed by atoms with van der Waals surface area (Å²) in [6.07, 6.45) is 12.1. The van der Waals surface area contributed by atoms with Crippen molar-refractivity contribution in [2.75, 3.05) is 0 Å². The Morgan fingerprint density at radius 1 is 0.917 bits per heavy atom. The van der Waals surface area contributed by atoms with Crippen molar-refractivity contribution in [3.05, 3.63) is 120 Å². The lowest BCUT2D eigenvalue weighted by atomic mass is 9.86. The van der Waals surface area contributed by atoms with Crippen molar-refractivity contribution in [3.8, 4) is 0 Å². The number of ether oxygens (including phenoxy) is 3.